The van der Waals surface area contributed by atoms with E-state index in [0.29, 0.717) is 47.0 Å². The number of unbranched alkanes of at least 4 members (excludes halogenated alkanes) is 1. The van der Waals surface area contributed by atoms with Gasteiger partial charge in [-0.25, -0.2) is 9.78 Å². The van der Waals surface area contributed by atoms with Crippen molar-refractivity contribution in [3.63, 3.8) is 0 Å². The van der Waals surface area contributed by atoms with Gasteiger partial charge in [0.2, 0.25) is 70.9 Å². The van der Waals surface area contributed by atoms with Gasteiger partial charge in [0.15, 0.2) is 5.96 Å². The second-order valence-electron chi connectivity index (χ2n) is 25.5. The Morgan fingerprint density at radius 3 is 2.00 bits per heavy atom. The van der Waals surface area contributed by atoms with Crippen molar-refractivity contribution in [3.8, 4) is 5.75 Å². The molecule has 14 amide bonds. The van der Waals surface area contributed by atoms with E-state index in [-0.39, 0.29) is 118 Å². The minimum absolute atomic E-state index is 0.00228. The number of benzene rings is 2. The number of phenolic OH excluding ortho intramolecular Hbond substituents is 1. The van der Waals surface area contributed by atoms with Gasteiger partial charge in [0.25, 0.3) is 0 Å². The molecule has 2 aromatic heterocycles. The van der Waals surface area contributed by atoms with Crippen molar-refractivity contribution >= 4 is 106 Å². The molecule has 548 valence electrons. The first kappa shape index (κ1) is 77.8. The second kappa shape index (κ2) is 38.2. The Balaban J connectivity index is 1.04. The average Bonchev–Trinajstić information content (AvgIpc) is 1.69. The maximum absolute atomic E-state index is 14.8. The minimum Gasteiger partial charge on any atom is -0.508 e. The van der Waals surface area contributed by atoms with Crippen molar-refractivity contribution in [2.75, 3.05) is 38.5 Å². The van der Waals surface area contributed by atoms with E-state index in [1.165, 1.54) is 41.7 Å². The Labute approximate surface area is 585 Å². The summed E-state index contributed by atoms with van der Waals surface area (Å²) in [5.74, 6) is -9.66. The molecular weight excluding hydrogens is 1330 g/mol. The molecule has 3 aliphatic heterocycles. The van der Waals surface area contributed by atoms with E-state index in [2.05, 4.69) is 78.4 Å². The third-order valence-electron chi connectivity index (χ3n) is 17.2. The zero-order chi connectivity index (χ0) is 73.3. The van der Waals surface area contributed by atoms with Gasteiger partial charge in [0, 0.05) is 85.2 Å². The van der Waals surface area contributed by atoms with Crippen LogP contribution in [0.15, 0.2) is 72.2 Å². The third-order valence-corrected chi connectivity index (χ3v) is 18.7. The molecule has 0 saturated carbocycles. The number of carbonyl (C=O) groups excluding carboxylic acids is 13. The number of aliphatic hydroxyl groups is 1. The van der Waals surface area contributed by atoms with Crippen molar-refractivity contribution in [3.05, 3.63) is 84.1 Å². The fourth-order valence-corrected chi connectivity index (χ4v) is 13.6. The predicted octanol–water partition coefficient (Wildman–Crippen LogP) is -4.19. The molecule has 36 heteroatoms. The van der Waals surface area contributed by atoms with E-state index in [0.717, 1.165) is 12.2 Å². The number of nitrogens with one attached hydrogen (secondary N) is 13. The number of fused-ring (bicyclic) bond motifs is 2. The van der Waals surface area contributed by atoms with Crippen molar-refractivity contribution in [1.82, 2.24) is 78.3 Å². The highest BCUT2D eigenvalue weighted by atomic mass is 32.2. The Bertz CT molecular complexity index is 3610. The van der Waals surface area contributed by atoms with Crippen LogP contribution >= 0.6 is 11.8 Å². The summed E-state index contributed by atoms with van der Waals surface area (Å²) < 4.78 is 0. The maximum Gasteiger partial charge on any atom is 0.315 e. The first-order valence-electron chi connectivity index (χ1n) is 33.4. The van der Waals surface area contributed by atoms with Crippen LogP contribution in [-0.2, 0) is 76.8 Å². The van der Waals surface area contributed by atoms with Gasteiger partial charge in [0.05, 0.1) is 38.1 Å². The van der Waals surface area contributed by atoms with Gasteiger partial charge in [-0.15, -0.1) is 0 Å². The number of aromatic hydroxyl groups is 1. The molecule has 2 aromatic carbocycles. The number of carbonyl (C=O) groups is 13. The summed E-state index contributed by atoms with van der Waals surface area (Å²) in [5.41, 5.74) is 23.7. The number of aromatic nitrogens is 3. The van der Waals surface area contributed by atoms with E-state index in [1.807, 2.05) is 0 Å². The summed E-state index contributed by atoms with van der Waals surface area (Å²) in [6.07, 6.45) is 5.74. The number of guanidine groups is 1. The molecule has 5 heterocycles. The molecule has 11 atom stereocenters. The molecule has 3 saturated heterocycles. The van der Waals surface area contributed by atoms with Gasteiger partial charge in [-0.2, -0.15) is 11.8 Å². The molecule has 0 radical (unpaired) electrons. The van der Waals surface area contributed by atoms with E-state index in [1.54, 1.807) is 56.1 Å². The van der Waals surface area contributed by atoms with Crippen molar-refractivity contribution in [2.45, 2.75) is 169 Å². The number of aliphatic hydroxyl groups excluding tert-OH is 1. The van der Waals surface area contributed by atoms with Gasteiger partial charge >= 0.3 is 6.03 Å². The molecule has 7 rings (SSSR count). The summed E-state index contributed by atoms with van der Waals surface area (Å²) in [6, 6.07) is 1.08. The number of phenols is 1. The number of aliphatic imine (C=N–C) groups is 1. The molecule has 101 heavy (non-hydrogen) atoms. The van der Waals surface area contributed by atoms with Gasteiger partial charge in [-0.3, -0.25) is 62.5 Å². The predicted molar refractivity (Wildman–Crippen MR) is 368 cm³/mol. The first-order chi connectivity index (χ1) is 48.2. The number of amides is 14. The number of thioether (sulfide) groups is 1. The number of nitrogens with two attached hydrogens (primary N) is 4. The zero-order valence-electron chi connectivity index (χ0n) is 56.2. The molecular formula is C65H92N20O15S. The Kier molecular flexibility index (Phi) is 29.4. The summed E-state index contributed by atoms with van der Waals surface area (Å²) in [5, 5.41) is 50.8. The summed E-state index contributed by atoms with van der Waals surface area (Å²) in [7, 11) is 0. The number of H-pyrrole nitrogens is 2. The number of likely N-dealkylation sites (tertiary alicyclic amines) is 1. The molecule has 3 fully saturated rings. The summed E-state index contributed by atoms with van der Waals surface area (Å²) in [4.78, 5) is 192. The Hall–Kier alpha value is -10.5. The van der Waals surface area contributed by atoms with Crippen LogP contribution in [0.5, 0.6) is 5.75 Å². The van der Waals surface area contributed by atoms with Crippen LogP contribution in [0.2, 0.25) is 0 Å². The fourth-order valence-electron chi connectivity index (χ4n) is 12.1. The quantitative estimate of drug-likeness (QED) is 0.00869. The van der Waals surface area contributed by atoms with Crippen LogP contribution < -0.4 is 81.4 Å². The number of hydrogen-bond acceptors (Lipinski definition) is 18. The van der Waals surface area contributed by atoms with E-state index in [4.69, 9.17) is 22.9 Å². The van der Waals surface area contributed by atoms with Crippen LogP contribution in [0.4, 0.5) is 4.79 Å². The van der Waals surface area contributed by atoms with Gasteiger partial charge in [0.1, 0.15) is 54.1 Å². The molecule has 0 unspecified atom stereocenters. The topological polar surface area (TPSA) is 559 Å². The van der Waals surface area contributed by atoms with E-state index >= 15 is 0 Å². The molecule has 0 spiro atoms. The smallest absolute Gasteiger partial charge is 0.315 e. The summed E-state index contributed by atoms with van der Waals surface area (Å²) in [6.45, 7) is 1.47. The number of primary amides is 2. The Morgan fingerprint density at radius 2 is 1.33 bits per heavy atom. The molecule has 0 aliphatic carbocycles. The van der Waals surface area contributed by atoms with Crippen LogP contribution in [0.1, 0.15) is 101 Å². The Morgan fingerprint density at radius 1 is 0.673 bits per heavy atom. The first-order valence-corrected chi connectivity index (χ1v) is 34.5. The van der Waals surface area contributed by atoms with Crippen LogP contribution in [0.25, 0.3) is 10.9 Å². The van der Waals surface area contributed by atoms with Crippen molar-refractivity contribution < 1.29 is 72.5 Å². The monoisotopic (exact) mass is 1420 g/mol. The van der Waals surface area contributed by atoms with E-state index < -0.39 is 139 Å². The standard InChI is InChI=1S/C65H92N20O15S/c1-34(2)23-43(58(94)78-42(11-7-21-71-64(68)69)63(99)85-22-8-12-49(85)62(98)73-29-52(67)89)77-54(91)30-74-56(92)44(24-35-15-17-38(87)18-16-35)79-61(97)47(31-86)82-59(95)45(25-36-27-72-40-10-4-3-9-39(36)40)80-60(96)46(26-37-28-70-33-75-37)81-57(93)41(19-20-51(66)88)76-53(90)14-6-5-13-50-55-48(32-101-50)83-65(100)84-55/h3-4,9-10,15-18,27-28,33-34,41-50,55,72,86-87H,5-8,11-14,19-26,29-32H2,1-2H3,(H2,66,88)(H2,67,89)(H,70,75)(H,73,98)(H,74,92)(H,76,90)(H,77,91)(H,78,94)(H,79,97)(H,80,96)(H,81,93)(H,82,95)(H4,68,69,71)(H2,83,84,100)/t41-,42-,43-,44-,45-,46-,47-,48-,49-,50-,55-/m0/s1. The van der Waals surface area contributed by atoms with Gasteiger partial charge < -0.3 is 107 Å². The zero-order valence-corrected chi connectivity index (χ0v) is 57.0. The van der Waals surface area contributed by atoms with Crippen LogP contribution in [0.3, 0.4) is 0 Å². The van der Waals surface area contributed by atoms with Crippen LogP contribution in [-0.4, -0.2) is 217 Å². The largest absolute Gasteiger partial charge is 0.508 e. The highest BCUT2D eigenvalue weighted by Crippen LogP contribution is 2.33. The number of rotatable bonds is 40. The average molecular weight is 1430 g/mol. The minimum atomic E-state index is -1.83. The number of para-hydroxylation sites is 1. The maximum atomic E-state index is 14.8. The molecule has 0 bridgehead atoms. The third kappa shape index (κ3) is 24.1. The highest BCUT2D eigenvalue weighted by molar-refractivity contribution is 8.00. The van der Waals surface area contributed by atoms with E-state index in [9.17, 15) is 72.5 Å². The highest BCUT2D eigenvalue weighted by Gasteiger charge is 2.43. The number of hydrogen-bond donors (Lipinski definition) is 19. The number of nitrogens with zero attached hydrogens (tertiary/aromatic N) is 3. The molecule has 4 aromatic rings. The lowest BCUT2D eigenvalue weighted by atomic mass is 10.0. The molecule has 23 N–H and O–H groups in total. The second-order valence-corrected chi connectivity index (χ2v) is 26.8. The van der Waals surface area contributed by atoms with Gasteiger partial charge in [-0.1, -0.05) is 50.6 Å². The number of imidazole rings is 1. The SMILES string of the molecule is CC(C)C[C@H](NC(=O)CNC(=O)[C@H](Cc1ccc(O)cc1)NC(=O)[C@H](CO)NC(=O)[C@H](Cc1c[nH]c2ccccc12)NC(=O)[C@H](Cc1cnc[nH]1)NC(=O)[C@H](CCC(N)=O)NC(=O)CCCC[C@@H]1SC[C@@H]2NC(=O)N[C@@H]21)C(=O)N[C@@H](CCCN=C(N)N)C(=O)N1CCC[C@H]1C(=O)NCC(N)=O. The van der Waals surface area contributed by atoms with Crippen LogP contribution in [0, 0.1) is 5.92 Å². The van der Waals surface area contributed by atoms with Crippen molar-refractivity contribution in [1.29, 1.82) is 0 Å². The fraction of sp³-hybridized carbons (Fsp3) is 0.523. The number of aromatic amines is 2. The normalized spacial score (nSPS) is 18.1. The molecule has 3 aliphatic rings. The summed E-state index contributed by atoms with van der Waals surface area (Å²) >= 11 is 1.73. The lowest BCUT2D eigenvalue weighted by Gasteiger charge is -2.30. The lowest BCUT2D eigenvalue weighted by Crippen LogP contribution is -2.61. The van der Waals surface area contributed by atoms with Gasteiger partial charge in [-0.05, 0) is 86.6 Å². The van der Waals surface area contributed by atoms with Crippen molar-refractivity contribution in [2.24, 2.45) is 33.8 Å². The lowest BCUT2D eigenvalue weighted by molar-refractivity contribution is -0.142. The molecule has 35 nitrogen and oxygen atoms in total. The number of urea groups is 1.